The molecule has 1 amide bonds. The van der Waals surface area contributed by atoms with Gasteiger partial charge in [0, 0.05) is 13.0 Å². The van der Waals surface area contributed by atoms with Gasteiger partial charge in [0.05, 0.1) is 17.7 Å². The van der Waals surface area contributed by atoms with E-state index < -0.39 is 6.10 Å². The molecule has 1 aliphatic carbocycles. The van der Waals surface area contributed by atoms with Crippen molar-refractivity contribution in [3.05, 3.63) is 46.5 Å². The molecule has 7 nitrogen and oxygen atoms in total. The van der Waals surface area contributed by atoms with E-state index in [1.165, 1.54) is 0 Å². The summed E-state index contributed by atoms with van der Waals surface area (Å²) in [7, 11) is 1.77. The van der Waals surface area contributed by atoms with Crippen molar-refractivity contribution in [1.29, 1.82) is 0 Å². The quantitative estimate of drug-likeness (QED) is 0.767. The Bertz CT molecular complexity index is 1000. The van der Waals surface area contributed by atoms with Crippen molar-refractivity contribution < 1.29 is 28.8 Å². The molecule has 3 atom stereocenters. The van der Waals surface area contributed by atoms with E-state index >= 15 is 0 Å². The number of aliphatic hydroxyl groups excluding tert-OH is 1. The van der Waals surface area contributed by atoms with E-state index in [2.05, 4.69) is 0 Å². The first-order chi connectivity index (χ1) is 13.1. The van der Waals surface area contributed by atoms with Crippen LogP contribution in [0.5, 0.6) is 23.0 Å². The third-order valence-corrected chi connectivity index (χ3v) is 6.02. The number of aliphatic hydroxyl groups is 1. The van der Waals surface area contributed by atoms with Crippen LogP contribution < -0.4 is 18.9 Å². The highest BCUT2D eigenvalue weighted by Crippen LogP contribution is 2.54. The van der Waals surface area contributed by atoms with Crippen molar-refractivity contribution in [1.82, 2.24) is 4.90 Å². The number of benzene rings is 2. The zero-order chi connectivity index (χ0) is 18.3. The minimum atomic E-state index is -0.627. The molecule has 1 N–H and O–H groups in total. The first-order valence-electron chi connectivity index (χ1n) is 8.93. The molecule has 0 aromatic heterocycles. The van der Waals surface area contributed by atoms with Crippen LogP contribution in [0.3, 0.4) is 0 Å². The van der Waals surface area contributed by atoms with Gasteiger partial charge in [-0.3, -0.25) is 4.79 Å². The molecule has 138 valence electrons. The molecular formula is C20H17NO6. The van der Waals surface area contributed by atoms with Crippen molar-refractivity contribution >= 4 is 5.91 Å². The largest absolute Gasteiger partial charge is 0.454 e. The Morgan fingerprint density at radius 2 is 1.74 bits per heavy atom. The van der Waals surface area contributed by atoms with Crippen LogP contribution in [0.2, 0.25) is 0 Å². The van der Waals surface area contributed by atoms with Crippen LogP contribution in [0.1, 0.15) is 39.0 Å². The highest BCUT2D eigenvalue weighted by atomic mass is 16.7. The summed E-state index contributed by atoms with van der Waals surface area (Å²) in [4.78, 5) is 14.9. The molecule has 3 unspecified atom stereocenters. The standard InChI is InChI=1S/C20H17NO6/c1-21-18-11-6-15-14(25-7-26-15)5-9(11)4-12(22)16(18)10-2-3-13-19(27-8-24-13)17(10)20(21)23/h2-3,5-6,12,16,18,22H,4,7-8H2,1H3. The van der Waals surface area contributed by atoms with E-state index in [0.717, 1.165) is 16.7 Å². The fourth-order valence-corrected chi connectivity index (χ4v) is 4.82. The van der Waals surface area contributed by atoms with E-state index in [1.54, 1.807) is 11.9 Å². The van der Waals surface area contributed by atoms with Gasteiger partial charge in [0.15, 0.2) is 23.0 Å². The Labute approximate surface area is 155 Å². The Balaban J connectivity index is 1.57. The number of fused-ring (bicyclic) bond motifs is 8. The van der Waals surface area contributed by atoms with E-state index in [9.17, 15) is 9.90 Å². The number of hydrogen-bond acceptors (Lipinski definition) is 6. The number of rotatable bonds is 0. The van der Waals surface area contributed by atoms with Crippen LogP contribution in [0.25, 0.3) is 0 Å². The second-order valence-corrected chi connectivity index (χ2v) is 7.33. The van der Waals surface area contributed by atoms with Gasteiger partial charge in [0.2, 0.25) is 13.6 Å². The van der Waals surface area contributed by atoms with Crippen molar-refractivity contribution in [3.8, 4) is 23.0 Å². The molecule has 0 spiro atoms. The van der Waals surface area contributed by atoms with Crippen LogP contribution in [0.4, 0.5) is 0 Å². The monoisotopic (exact) mass is 367 g/mol. The Morgan fingerprint density at radius 3 is 2.59 bits per heavy atom. The van der Waals surface area contributed by atoms with E-state index in [4.69, 9.17) is 18.9 Å². The molecule has 27 heavy (non-hydrogen) atoms. The van der Waals surface area contributed by atoms with Crippen molar-refractivity contribution in [2.75, 3.05) is 20.6 Å². The molecule has 0 saturated heterocycles. The molecule has 0 fully saturated rings. The molecular weight excluding hydrogens is 350 g/mol. The molecule has 0 bridgehead atoms. The zero-order valence-corrected chi connectivity index (χ0v) is 14.6. The highest BCUT2D eigenvalue weighted by molar-refractivity contribution is 6.01. The SMILES string of the molecule is CN1C(=O)c2c(ccc3c2OCO3)C2C(O)Cc3cc4c(cc3C21)OCO4. The average Bonchev–Trinajstić information content (AvgIpc) is 3.31. The van der Waals surface area contributed by atoms with E-state index in [0.29, 0.717) is 35.0 Å². The van der Waals surface area contributed by atoms with Crippen LogP contribution >= 0.6 is 0 Å². The first kappa shape index (κ1) is 15.2. The molecule has 3 aliphatic heterocycles. The molecule has 0 radical (unpaired) electrons. The summed E-state index contributed by atoms with van der Waals surface area (Å²) in [5.74, 6) is 2.04. The molecule has 6 rings (SSSR count). The van der Waals surface area contributed by atoms with Crippen molar-refractivity contribution in [2.45, 2.75) is 24.5 Å². The number of nitrogens with zero attached hydrogens (tertiary/aromatic N) is 1. The van der Waals surface area contributed by atoms with E-state index in [-0.39, 0.29) is 31.5 Å². The fraction of sp³-hybridized carbons (Fsp3) is 0.350. The number of amides is 1. The highest BCUT2D eigenvalue weighted by Gasteiger charge is 2.48. The fourth-order valence-electron chi connectivity index (χ4n) is 4.82. The summed E-state index contributed by atoms with van der Waals surface area (Å²) in [6.07, 6.45) is -0.138. The summed E-state index contributed by atoms with van der Waals surface area (Å²) in [6, 6.07) is 7.29. The maximum atomic E-state index is 13.2. The Kier molecular flexibility index (Phi) is 2.85. The van der Waals surface area contributed by atoms with Gasteiger partial charge in [0.1, 0.15) is 0 Å². The van der Waals surface area contributed by atoms with Gasteiger partial charge in [0.25, 0.3) is 5.91 Å². The normalized spacial score (nSPS) is 26.5. The topological polar surface area (TPSA) is 77.5 Å². The summed E-state index contributed by atoms with van der Waals surface area (Å²) < 4.78 is 22.0. The van der Waals surface area contributed by atoms with Crippen molar-refractivity contribution in [3.63, 3.8) is 0 Å². The first-order valence-corrected chi connectivity index (χ1v) is 8.93. The zero-order valence-electron chi connectivity index (χ0n) is 14.6. The molecule has 7 heteroatoms. The molecule has 3 heterocycles. The summed E-state index contributed by atoms with van der Waals surface area (Å²) >= 11 is 0. The predicted octanol–water partition coefficient (Wildman–Crippen LogP) is 1.97. The lowest BCUT2D eigenvalue weighted by atomic mass is 9.70. The lowest BCUT2D eigenvalue weighted by Gasteiger charge is -2.46. The number of ether oxygens (including phenoxy) is 4. The second kappa shape index (κ2) is 5.07. The minimum absolute atomic E-state index is 0.103. The number of hydrogen-bond donors (Lipinski definition) is 1. The van der Waals surface area contributed by atoms with Crippen LogP contribution in [0.15, 0.2) is 24.3 Å². The van der Waals surface area contributed by atoms with Gasteiger partial charge in [-0.25, -0.2) is 0 Å². The molecule has 0 saturated carbocycles. The number of carbonyl (C=O) groups is 1. The summed E-state index contributed by atoms with van der Waals surface area (Å²) in [5.41, 5.74) is 3.28. The molecule has 2 aromatic carbocycles. The third-order valence-electron chi connectivity index (χ3n) is 6.02. The lowest BCUT2D eigenvalue weighted by Crippen LogP contribution is -2.47. The Hall–Kier alpha value is -2.93. The van der Waals surface area contributed by atoms with Gasteiger partial charge >= 0.3 is 0 Å². The van der Waals surface area contributed by atoms with Gasteiger partial charge < -0.3 is 29.0 Å². The van der Waals surface area contributed by atoms with Gasteiger partial charge in [-0.15, -0.1) is 0 Å². The summed E-state index contributed by atoms with van der Waals surface area (Å²) in [6.45, 7) is 0.293. The van der Waals surface area contributed by atoms with Crippen LogP contribution in [-0.2, 0) is 6.42 Å². The number of carbonyl (C=O) groups excluding carboxylic acids is 1. The molecule has 2 aromatic rings. The lowest BCUT2D eigenvalue weighted by molar-refractivity contribution is 0.0447. The third kappa shape index (κ3) is 1.87. The predicted molar refractivity (Wildman–Crippen MR) is 92.4 cm³/mol. The average molecular weight is 367 g/mol. The second-order valence-electron chi connectivity index (χ2n) is 7.33. The van der Waals surface area contributed by atoms with Gasteiger partial charge in [-0.2, -0.15) is 0 Å². The maximum absolute atomic E-state index is 13.2. The van der Waals surface area contributed by atoms with Gasteiger partial charge in [-0.1, -0.05) is 6.07 Å². The Morgan fingerprint density at radius 1 is 1.00 bits per heavy atom. The molecule has 4 aliphatic rings. The van der Waals surface area contributed by atoms with Gasteiger partial charge in [-0.05, 0) is 41.3 Å². The minimum Gasteiger partial charge on any atom is -0.454 e. The smallest absolute Gasteiger partial charge is 0.258 e. The summed E-state index contributed by atoms with van der Waals surface area (Å²) in [5, 5.41) is 11.0. The maximum Gasteiger partial charge on any atom is 0.258 e. The van der Waals surface area contributed by atoms with E-state index in [1.807, 2.05) is 24.3 Å². The van der Waals surface area contributed by atoms with Crippen molar-refractivity contribution in [2.24, 2.45) is 0 Å². The van der Waals surface area contributed by atoms with Crippen LogP contribution in [0, 0.1) is 0 Å². The number of likely N-dealkylation sites (N-methyl/N-ethyl adjacent to an activating group) is 1. The van der Waals surface area contributed by atoms with Crippen LogP contribution in [-0.4, -0.2) is 42.7 Å².